The van der Waals surface area contributed by atoms with E-state index >= 15 is 0 Å². The predicted molar refractivity (Wildman–Crippen MR) is 71.4 cm³/mol. The van der Waals surface area contributed by atoms with Crippen LogP contribution >= 0.6 is 0 Å². The SMILES string of the molecule is Cc1ccc(C2CN3C(=O)CCC3CN2)c(C)c1. The molecule has 1 aromatic rings. The first-order valence-corrected chi connectivity index (χ1v) is 6.75. The molecule has 2 aliphatic rings. The van der Waals surface area contributed by atoms with Gasteiger partial charge in [0.2, 0.25) is 5.91 Å². The first-order chi connectivity index (χ1) is 8.65. The minimum absolute atomic E-state index is 0.295. The lowest BCUT2D eigenvalue weighted by molar-refractivity contribution is -0.130. The van der Waals surface area contributed by atoms with E-state index in [0.717, 1.165) is 25.9 Å². The van der Waals surface area contributed by atoms with Crippen molar-refractivity contribution in [2.45, 2.75) is 38.8 Å². The standard InChI is InChI=1S/C15H20N2O/c1-10-3-5-13(11(2)7-10)14-9-17-12(8-16-14)4-6-15(17)18/h3,5,7,12,14,16H,4,6,8-9H2,1-2H3. The third-order valence-corrected chi connectivity index (χ3v) is 4.23. The van der Waals surface area contributed by atoms with Gasteiger partial charge in [0.05, 0.1) is 6.04 Å². The molecule has 0 aromatic heterocycles. The summed E-state index contributed by atoms with van der Waals surface area (Å²) in [7, 11) is 0. The maximum absolute atomic E-state index is 11.8. The summed E-state index contributed by atoms with van der Waals surface area (Å²) >= 11 is 0. The highest BCUT2D eigenvalue weighted by Gasteiger charge is 2.36. The molecule has 2 atom stereocenters. The van der Waals surface area contributed by atoms with Crippen LogP contribution in [0.5, 0.6) is 0 Å². The second kappa shape index (κ2) is 4.39. The molecule has 1 aromatic carbocycles. The molecule has 2 fully saturated rings. The van der Waals surface area contributed by atoms with Gasteiger partial charge in [-0.3, -0.25) is 4.79 Å². The molecule has 0 saturated carbocycles. The number of nitrogens with one attached hydrogen (secondary N) is 1. The molecule has 0 bridgehead atoms. The van der Waals surface area contributed by atoms with Gasteiger partial charge in [0, 0.05) is 25.6 Å². The van der Waals surface area contributed by atoms with Crippen LogP contribution in [0, 0.1) is 13.8 Å². The van der Waals surface area contributed by atoms with Crippen LogP contribution in [0.25, 0.3) is 0 Å². The van der Waals surface area contributed by atoms with E-state index in [9.17, 15) is 4.79 Å². The Labute approximate surface area is 108 Å². The zero-order valence-corrected chi connectivity index (χ0v) is 11.1. The summed E-state index contributed by atoms with van der Waals surface area (Å²) in [6.45, 7) is 6.03. The Morgan fingerprint density at radius 2 is 2.17 bits per heavy atom. The average Bonchev–Trinajstić information content (AvgIpc) is 2.71. The number of piperazine rings is 1. The molecule has 0 radical (unpaired) electrons. The van der Waals surface area contributed by atoms with E-state index in [2.05, 4.69) is 42.3 Å². The molecule has 3 heteroatoms. The Hall–Kier alpha value is -1.35. The third-order valence-electron chi connectivity index (χ3n) is 4.23. The molecule has 18 heavy (non-hydrogen) atoms. The maximum atomic E-state index is 11.8. The third kappa shape index (κ3) is 1.93. The van der Waals surface area contributed by atoms with Crippen molar-refractivity contribution in [3.05, 3.63) is 34.9 Å². The van der Waals surface area contributed by atoms with Crippen LogP contribution in [0.3, 0.4) is 0 Å². The van der Waals surface area contributed by atoms with Crippen LogP contribution in [0.15, 0.2) is 18.2 Å². The minimum Gasteiger partial charge on any atom is -0.337 e. The number of nitrogens with zero attached hydrogens (tertiary/aromatic N) is 1. The summed E-state index contributed by atoms with van der Waals surface area (Å²) < 4.78 is 0. The topological polar surface area (TPSA) is 32.3 Å². The van der Waals surface area contributed by atoms with Gasteiger partial charge in [-0.1, -0.05) is 23.8 Å². The van der Waals surface area contributed by atoms with Crippen molar-refractivity contribution < 1.29 is 4.79 Å². The van der Waals surface area contributed by atoms with Crippen molar-refractivity contribution in [3.63, 3.8) is 0 Å². The summed E-state index contributed by atoms with van der Waals surface area (Å²) in [6.07, 6.45) is 1.75. The van der Waals surface area contributed by atoms with E-state index < -0.39 is 0 Å². The van der Waals surface area contributed by atoms with E-state index in [1.807, 2.05) is 0 Å². The largest absolute Gasteiger partial charge is 0.337 e. The number of fused-ring (bicyclic) bond motifs is 1. The zero-order valence-electron chi connectivity index (χ0n) is 11.1. The van der Waals surface area contributed by atoms with Crippen LogP contribution < -0.4 is 5.32 Å². The predicted octanol–water partition coefficient (Wildman–Crippen LogP) is 1.94. The Bertz CT molecular complexity index is 483. The van der Waals surface area contributed by atoms with E-state index in [4.69, 9.17) is 0 Å². The van der Waals surface area contributed by atoms with Crippen LogP contribution in [0.4, 0.5) is 0 Å². The molecular formula is C15H20N2O. The van der Waals surface area contributed by atoms with Crippen molar-refractivity contribution in [1.82, 2.24) is 10.2 Å². The average molecular weight is 244 g/mol. The number of hydrogen-bond acceptors (Lipinski definition) is 2. The van der Waals surface area contributed by atoms with Crippen LogP contribution in [-0.4, -0.2) is 29.9 Å². The normalized spacial score (nSPS) is 27.4. The van der Waals surface area contributed by atoms with Gasteiger partial charge in [-0.2, -0.15) is 0 Å². The fourth-order valence-corrected chi connectivity index (χ4v) is 3.22. The summed E-state index contributed by atoms with van der Waals surface area (Å²) in [5.74, 6) is 0.330. The molecule has 96 valence electrons. The summed E-state index contributed by atoms with van der Waals surface area (Å²) in [5, 5.41) is 3.59. The first-order valence-electron chi connectivity index (χ1n) is 6.75. The lowest BCUT2D eigenvalue weighted by Gasteiger charge is -2.37. The van der Waals surface area contributed by atoms with Gasteiger partial charge < -0.3 is 10.2 Å². The number of amides is 1. The minimum atomic E-state index is 0.295. The number of benzene rings is 1. The van der Waals surface area contributed by atoms with E-state index in [1.165, 1.54) is 16.7 Å². The van der Waals surface area contributed by atoms with Crippen molar-refractivity contribution in [3.8, 4) is 0 Å². The van der Waals surface area contributed by atoms with Crippen LogP contribution in [0.2, 0.25) is 0 Å². The summed E-state index contributed by atoms with van der Waals surface area (Å²) in [4.78, 5) is 13.9. The van der Waals surface area contributed by atoms with E-state index in [-0.39, 0.29) is 0 Å². The molecule has 3 nitrogen and oxygen atoms in total. The second-order valence-corrected chi connectivity index (χ2v) is 5.56. The van der Waals surface area contributed by atoms with Gasteiger partial charge in [0.15, 0.2) is 0 Å². The molecule has 0 spiro atoms. The highest BCUT2D eigenvalue weighted by Crippen LogP contribution is 2.28. The first kappa shape index (κ1) is 11.7. The molecule has 3 rings (SSSR count). The molecule has 2 saturated heterocycles. The fourth-order valence-electron chi connectivity index (χ4n) is 3.22. The Balaban J connectivity index is 1.83. The van der Waals surface area contributed by atoms with Crippen LogP contribution in [-0.2, 0) is 4.79 Å². The highest BCUT2D eigenvalue weighted by molar-refractivity contribution is 5.79. The Kier molecular flexibility index (Phi) is 2.86. The molecule has 1 N–H and O–H groups in total. The Morgan fingerprint density at radius 3 is 2.94 bits per heavy atom. The van der Waals surface area contributed by atoms with Crippen LogP contribution in [0.1, 0.15) is 35.6 Å². The number of carbonyl (C=O) groups excluding carboxylic acids is 1. The quantitative estimate of drug-likeness (QED) is 0.819. The van der Waals surface area contributed by atoms with E-state index in [1.54, 1.807) is 0 Å². The smallest absolute Gasteiger partial charge is 0.223 e. The lowest BCUT2D eigenvalue weighted by Crippen LogP contribution is -2.51. The molecular weight excluding hydrogens is 224 g/mol. The van der Waals surface area contributed by atoms with Crippen molar-refractivity contribution in [1.29, 1.82) is 0 Å². The highest BCUT2D eigenvalue weighted by atomic mass is 16.2. The summed E-state index contributed by atoms with van der Waals surface area (Å²) in [5.41, 5.74) is 3.94. The molecule has 2 unspecified atom stereocenters. The van der Waals surface area contributed by atoms with Crippen molar-refractivity contribution >= 4 is 5.91 Å². The molecule has 2 aliphatic heterocycles. The van der Waals surface area contributed by atoms with E-state index in [0.29, 0.717) is 18.0 Å². The maximum Gasteiger partial charge on any atom is 0.223 e. The molecule has 1 amide bonds. The van der Waals surface area contributed by atoms with Gasteiger partial charge in [-0.15, -0.1) is 0 Å². The summed E-state index contributed by atoms with van der Waals surface area (Å²) in [6, 6.07) is 7.29. The fraction of sp³-hybridized carbons (Fsp3) is 0.533. The van der Waals surface area contributed by atoms with Gasteiger partial charge >= 0.3 is 0 Å². The molecule has 2 heterocycles. The monoisotopic (exact) mass is 244 g/mol. The Morgan fingerprint density at radius 1 is 1.33 bits per heavy atom. The molecule has 0 aliphatic carbocycles. The van der Waals surface area contributed by atoms with Gasteiger partial charge in [0.25, 0.3) is 0 Å². The number of carbonyl (C=O) groups is 1. The van der Waals surface area contributed by atoms with Crippen molar-refractivity contribution in [2.24, 2.45) is 0 Å². The lowest BCUT2D eigenvalue weighted by atomic mass is 9.96. The van der Waals surface area contributed by atoms with Gasteiger partial charge in [0.1, 0.15) is 0 Å². The number of hydrogen-bond donors (Lipinski definition) is 1. The second-order valence-electron chi connectivity index (χ2n) is 5.56. The number of aryl methyl sites for hydroxylation is 2. The zero-order chi connectivity index (χ0) is 12.7. The van der Waals surface area contributed by atoms with Crippen molar-refractivity contribution in [2.75, 3.05) is 13.1 Å². The van der Waals surface area contributed by atoms with Gasteiger partial charge in [-0.25, -0.2) is 0 Å². The van der Waals surface area contributed by atoms with Gasteiger partial charge in [-0.05, 0) is 31.4 Å². The number of rotatable bonds is 1.